The number of anilines is 1. The number of hydrogen-bond acceptors (Lipinski definition) is 3. The van der Waals surface area contributed by atoms with Gasteiger partial charge >= 0.3 is 5.97 Å². The minimum atomic E-state index is -0.493. The summed E-state index contributed by atoms with van der Waals surface area (Å²) in [4.78, 5) is 14.8. The third kappa shape index (κ3) is 2.58. The van der Waals surface area contributed by atoms with Crippen LogP contribution in [0.2, 0.25) is 0 Å². The van der Waals surface area contributed by atoms with E-state index in [1.165, 1.54) is 0 Å². The summed E-state index contributed by atoms with van der Waals surface area (Å²) < 4.78 is 5.28. The van der Waals surface area contributed by atoms with Gasteiger partial charge in [0.2, 0.25) is 0 Å². The van der Waals surface area contributed by atoms with Gasteiger partial charge in [-0.2, -0.15) is 0 Å². The lowest BCUT2D eigenvalue weighted by Crippen LogP contribution is -2.24. The molecule has 2 aromatic rings. The first-order valence-corrected chi connectivity index (χ1v) is 5.47. The highest BCUT2D eigenvalue weighted by Crippen LogP contribution is 2.20. The van der Waals surface area contributed by atoms with Crippen molar-refractivity contribution in [1.29, 1.82) is 0 Å². The summed E-state index contributed by atoms with van der Waals surface area (Å²) in [5, 5.41) is 0.944. The van der Waals surface area contributed by atoms with E-state index in [-0.39, 0.29) is 5.97 Å². The lowest BCUT2D eigenvalue weighted by atomic mass is 10.2. The standard InChI is InChI=1S/C13H16N2O2/c1-13(2,3)17-12(16)11-6-8-4-5-9(14)7-10(8)15-11/h4-7,15H,14H2,1-3H3. The van der Waals surface area contributed by atoms with Gasteiger partial charge in [0.1, 0.15) is 11.3 Å². The number of H-pyrrole nitrogens is 1. The smallest absolute Gasteiger partial charge is 0.355 e. The molecule has 90 valence electrons. The molecular weight excluding hydrogens is 216 g/mol. The number of hydrogen-bond donors (Lipinski definition) is 2. The molecule has 0 atom stereocenters. The molecule has 0 aliphatic heterocycles. The third-order valence-corrected chi connectivity index (χ3v) is 2.27. The molecule has 4 heteroatoms. The fraction of sp³-hybridized carbons (Fsp3) is 0.308. The van der Waals surface area contributed by atoms with Gasteiger partial charge in [-0.3, -0.25) is 0 Å². The first-order valence-electron chi connectivity index (χ1n) is 5.47. The van der Waals surface area contributed by atoms with Crippen LogP contribution in [0.4, 0.5) is 5.69 Å². The van der Waals surface area contributed by atoms with E-state index in [0.29, 0.717) is 11.4 Å². The average molecular weight is 232 g/mol. The molecule has 0 bridgehead atoms. The number of nitrogens with two attached hydrogens (primary N) is 1. The van der Waals surface area contributed by atoms with E-state index >= 15 is 0 Å². The molecule has 1 heterocycles. The van der Waals surface area contributed by atoms with E-state index in [2.05, 4.69) is 4.98 Å². The third-order valence-electron chi connectivity index (χ3n) is 2.27. The van der Waals surface area contributed by atoms with Crippen molar-refractivity contribution >= 4 is 22.6 Å². The Balaban J connectivity index is 2.33. The second-order valence-corrected chi connectivity index (χ2v) is 5.03. The number of nitrogens with one attached hydrogen (secondary N) is 1. The van der Waals surface area contributed by atoms with Crippen molar-refractivity contribution in [2.75, 3.05) is 5.73 Å². The Labute approximate surface area is 99.8 Å². The zero-order valence-electron chi connectivity index (χ0n) is 10.2. The Morgan fingerprint density at radius 2 is 2.00 bits per heavy atom. The number of nitrogen functional groups attached to an aromatic ring is 1. The first kappa shape index (κ1) is 11.5. The second kappa shape index (κ2) is 3.80. The molecule has 2 rings (SSSR count). The lowest BCUT2D eigenvalue weighted by molar-refractivity contribution is 0.00639. The molecule has 4 nitrogen and oxygen atoms in total. The zero-order valence-corrected chi connectivity index (χ0v) is 10.2. The number of aromatic nitrogens is 1. The highest BCUT2D eigenvalue weighted by Gasteiger charge is 2.19. The number of fused-ring (bicyclic) bond motifs is 1. The minimum absolute atomic E-state index is 0.354. The molecule has 3 N–H and O–H groups in total. The van der Waals surface area contributed by atoms with Crippen LogP contribution in [0, 0.1) is 0 Å². The van der Waals surface area contributed by atoms with Crippen LogP contribution in [0.5, 0.6) is 0 Å². The van der Waals surface area contributed by atoms with Gasteiger partial charge < -0.3 is 15.5 Å². The highest BCUT2D eigenvalue weighted by atomic mass is 16.6. The maximum Gasteiger partial charge on any atom is 0.355 e. The Bertz CT molecular complexity index is 564. The Kier molecular flexibility index (Phi) is 2.58. The van der Waals surface area contributed by atoms with E-state index < -0.39 is 5.60 Å². The van der Waals surface area contributed by atoms with Crippen LogP contribution in [0.25, 0.3) is 10.9 Å². The topological polar surface area (TPSA) is 68.1 Å². The molecule has 0 saturated carbocycles. The monoisotopic (exact) mass is 232 g/mol. The average Bonchev–Trinajstić information content (AvgIpc) is 2.57. The molecule has 0 aliphatic carbocycles. The van der Waals surface area contributed by atoms with Crippen LogP contribution >= 0.6 is 0 Å². The van der Waals surface area contributed by atoms with Gasteiger partial charge in [-0.1, -0.05) is 6.07 Å². The number of rotatable bonds is 1. The van der Waals surface area contributed by atoms with E-state index in [0.717, 1.165) is 10.9 Å². The van der Waals surface area contributed by atoms with Crippen LogP contribution in [0.1, 0.15) is 31.3 Å². The Morgan fingerprint density at radius 3 is 2.65 bits per heavy atom. The van der Waals surface area contributed by atoms with E-state index in [4.69, 9.17) is 10.5 Å². The lowest BCUT2D eigenvalue weighted by Gasteiger charge is -2.18. The van der Waals surface area contributed by atoms with Gasteiger partial charge in [-0.05, 0) is 39.0 Å². The van der Waals surface area contributed by atoms with Gasteiger partial charge in [-0.15, -0.1) is 0 Å². The predicted octanol–water partition coefficient (Wildman–Crippen LogP) is 2.71. The molecule has 17 heavy (non-hydrogen) atoms. The van der Waals surface area contributed by atoms with Crippen molar-refractivity contribution in [3.8, 4) is 0 Å². The van der Waals surface area contributed by atoms with E-state index in [9.17, 15) is 4.79 Å². The van der Waals surface area contributed by atoms with E-state index in [1.54, 1.807) is 18.2 Å². The van der Waals surface area contributed by atoms with Crippen LogP contribution in [-0.2, 0) is 4.74 Å². The van der Waals surface area contributed by atoms with Crippen molar-refractivity contribution in [1.82, 2.24) is 4.98 Å². The number of carbonyl (C=O) groups excluding carboxylic acids is 1. The zero-order chi connectivity index (χ0) is 12.6. The number of ether oxygens (including phenoxy) is 1. The van der Waals surface area contributed by atoms with Gasteiger partial charge in [0, 0.05) is 16.6 Å². The summed E-state index contributed by atoms with van der Waals surface area (Å²) in [5.74, 6) is -0.354. The maximum absolute atomic E-state index is 11.8. The van der Waals surface area contributed by atoms with Crippen molar-refractivity contribution < 1.29 is 9.53 Å². The highest BCUT2D eigenvalue weighted by molar-refractivity contribution is 5.95. The minimum Gasteiger partial charge on any atom is -0.455 e. The van der Waals surface area contributed by atoms with Crippen LogP contribution in [0.3, 0.4) is 0 Å². The number of aromatic amines is 1. The van der Waals surface area contributed by atoms with Crippen molar-refractivity contribution in [3.63, 3.8) is 0 Å². The van der Waals surface area contributed by atoms with Crippen molar-refractivity contribution in [3.05, 3.63) is 30.0 Å². The molecule has 0 amide bonds. The fourth-order valence-electron chi connectivity index (χ4n) is 1.59. The van der Waals surface area contributed by atoms with Crippen LogP contribution in [0.15, 0.2) is 24.3 Å². The SMILES string of the molecule is CC(C)(C)OC(=O)c1cc2ccc(N)cc2[nH]1. The quantitative estimate of drug-likeness (QED) is 0.586. The van der Waals surface area contributed by atoms with Crippen LogP contribution in [-0.4, -0.2) is 16.6 Å². The molecule has 0 aliphatic rings. The summed E-state index contributed by atoms with van der Waals surface area (Å²) in [5.41, 5.74) is 7.13. The molecule has 0 unspecified atom stereocenters. The van der Waals surface area contributed by atoms with Gasteiger partial charge in [0.05, 0.1) is 0 Å². The molecule has 1 aromatic carbocycles. The summed E-state index contributed by atoms with van der Waals surface area (Å²) in [6.45, 7) is 5.52. The molecule has 0 radical (unpaired) electrons. The molecule has 0 saturated heterocycles. The largest absolute Gasteiger partial charge is 0.455 e. The number of carbonyl (C=O) groups is 1. The molecule has 1 aromatic heterocycles. The Morgan fingerprint density at radius 1 is 1.29 bits per heavy atom. The van der Waals surface area contributed by atoms with Gasteiger partial charge in [-0.25, -0.2) is 4.79 Å². The van der Waals surface area contributed by atoms with Gasteiger partial charge in [0.15, 0.2) is 0 Å². The molecule has 0 fully saturated rings. The molecular formula is C13H16N2O2. The summed E-state index contributed by atoms with van der Waals surface area (Å²) in [6, 6.07) is 7.23. The fourth-order valence-corrected chi connectivity index (χ4v) is 1.59. The summed E-state index contributed by atoms with van der Waals surface area (Å²) in [6.07, 6.45) is 0. The van der Waals surface area contributed by atoms with E-state index in [1.807, 2.05) is 26.8 Å². The number of esters is 1. The van der Waals surface area contributed by atoms with Crippen LogP contribution < -0.4 is 5.73 Å². The normalized spacial score (nSPS) is 11.7. The summed E-state index contributed by atoms with van der Waals surface area (Å²) in [7, 11) is 0. The van der Waals surface area contributed by atoms with Gasteiger partial charge in [0.25, 0.3) is 0 Å². The molecule has 0 spiro atoms. The Hall–Kier alpha value is -1.97. The maximum atomic E-state index is 11.8. The first-order chi connectivity index (χ1) is 7.85. The second-order valence-electron chi connectivity index (χ2n) is 5.03. The van der Waals surface area contributed by atoms with Crippen molar-refractivity contribution in [2.24, 2.45) is 0 Å². The van der Waals surface area contributed by atoms with Crippen molar-refractivity contribution in [2.45, 2.75) is 26.4 Å². The predicted molar refractivity (Wildman–Crippen MR) is 67.9 cm³/mol. The summed E-state index contributed by atoms with van der Waals surface area (Å²) >= 11 is 0. The number of benzene rings is 1.